The van der Waals surface area contributed by atoms with E-state index >= 15 is 0 Å². The van der Waals surface area contributed by atoms with Crippen molar-refractivity contribution in [2.45, 2.75) is 56.6 Å². The van der Waals surface area contributed by atoms with Gasteiger partial charge in [0.05, 0.1) is 32.8 Å². The predicted molar refractivity (Wildman–Crippen MR) is 153 cm³/mol. The first-order chi connectivity index (χ1) is 21.0. The zero-order valence-corrected chi connectivity index (χ0v) is 25.2. The number of hydrogen-bond donors (Lipinski definition) is 0. The van der Waals surface area contributed by atoms with Crippen molar-refractivity contribution >= 4 is 21.6 Å². The number of sulfonamides is 1. The lowest BCUT2D eigenvalue weighted by atomic mass is 9.85. The van der Waals surface area contributed by atoms with Crippen LogP contribution in [0.25, 0.3) is 5.65 Å². The molecule has 0 N–H and O–H groups in total. The number of hydrogen-bond acceptors (Lipinski definition) is 9. The van der Waals surface area contributed by atoms with Gasteiger partial charge in [-0.25, -0.2) is 22.2 Å². The van der Waals surface area contributed by atoms with Crippen LogP contribution in [0.5, 0.6) is 5.88 Å². The van der Waals surface area contributed by atoms with Gasteiger partial charge in [0.15, 0.2) is 11.2 Å². The van der Waals surface area contributed by atoms with E-state index in [-0.39, 0.29) is 55.8 Å². The highest BCUT2D eigenvalue weighted by Gasteiger charge is 2.49. The molecule has 14 heteroatoms. The second kappa shape index (κ2) is 11.5. The molecule has 1 aromatic carbocycles. The molecule has 1 atom stereocenters. The Labute approximate surface area is 252 Å². The van der Waals surface area contributed by atoms with Crippen LogP contribution in [0.2, 0.25) is 0 Å². The number of pyridine rings is 2. The van der Waals surface area contributed by atoms with E-state index in [1.54, 1.807) is 26.0 Å². The van der Waals surface area contributed by atoms with E-state index in [0.29, 0.717) is 11.1 Å². The van der Waals surface area contributed by atoms with E-state index in [1.807, 2.05) is 25.1 Å². The molecule has 6 rings (SSSR count). The summed E-state index contributed by atoms with van der Waals surface area (Å²) in [4.78, 5) is 17.0. The second-order valence-electron chi connectivity index (χ2n) is 11.1. The summed E-state index contributed by atoms with van der Waals surface area (Å²) < 4.78 is 74.2. The maximum Gasteiger partial charge on any atom is 0.306 e. The van der Waals surface area contributed by atoms with Gasteiger partial charge in [-0.15, -0.1) is 10.2 Å². The molecule has 2 aliphatic rings. The number of alkyl halides is 2. The summed E-state index contributed by atoms with van der Waals surface area (Å²) in [5.41, 5.74) is 2.99. The average Bonchev–Trinajstić information content (AvgIpc) is 3.38. The van der Waals surface area contributed by atoms with E-state index in [2.05, 4.69) is 15.2 Å². The van der Waals surface area contributed by atoms with Crippen LogP contribution in [0.1, 0.15) is 59.3 Å². The van der Waals surface area contributed by atoms with Gasteiger partial charge in [-0.3, -0.25) is 9.20 Å². The largest absolute Gasteiger partial charge is 0.466 e. The third-order valence-electron chi connectivity index (χ3n) is 8.12. The molecule has 3 aromatic heterocycles. The molecule has 1 spiro atoms. The van der Waals surface area contributed by atoms with Crippen molar-refractivity contribution in [3.05, 3.63) is 82.4 Å². The van der Waals surface area contributed by atoms with Gasteiger partial charge in [0.2, 0.25) is 21.7 Å². The summed E-state index contributed by atoms with van der Waals surface area (Å²) in [7, 11) is -3.99. The highest BCUT2D eigenvalue weighted by molar-refractivity contribution is 7.89. The summed E-state index contributed by atoms with van der Waals surface area (Å²) >= 11 is 0. The molecule has 0 amide bonds. The lowest BCUT2D eigenvalue weighted by Crippen LogP contribution is -2.60. The lowest BCUT2D eigenvalue weighted by Gasteiger charge is -2.41. The molecule has 44 heavy (non-hydrogen) atoms. The van der Waals surface area contributed by atoms with Crippen LogP contribution >= 0.6 is 0 Å². The molecule has 0 radical (unpaired) electrons. The Morgan fingerprint density at radius 2 is 1.95 bits per heavy atom. The molecule has 4 aromatic rings. The van der Waals surface area contributed by atoms with Crippen molar-refractivity contribution in [3.8, 4) is 5.88 Å². The van der Waals surface area contributed by atoms with E-state index in [0.717, 1.165) is 16.7 Å². The zero-order chi connectivity index (χ0) is 31.2. The minimum atomic E-state index is -3.99. The van der Waals surface area contributed by atoms with Crippen LogP contribution < -0.4 is 4.74 Å². The number of nitrogens with zero attached hydrogens (tertiary/aromatic N) is 5. The number of fused-ring (bicyclic) bond motifs is 2. The van der Waals surface area contributed by atoms with Crippen LogP contribution in [-0.4, -0.2) is 70.2 Å². The number of aromatic nitrogens is 4. The topological polar surface area (TPSA) is 125 Å². The lowest BCUT2D eigenvalue weighted by molar-refractivity contribution is -0.166. The van der Waals surface area contributed by atoms with Crippen molar-refractivity contribution in [1.82, 2.24) is 23.9 Å². The molecular weight excluding hydrogens is 596 g/mol. The van der Waals surface area contributed by atoms with Crippen LogP contribution in [-0.2, 0) is 30.8 Å². The van der Waals surface area contributed by atoms with Crippen molar-refractivity contribution in [2.75, 3.05) is 26.4 Å². The van der Waals surface area contributed by atoms with Crippen LogP contribution in [0, 0.1) is 13.8 Å². The molecule has 0 bridgehead atoms. The van der Waals surface area contributed by atoms with Gasteiger partial charge in [0, 0.05) is 24.9 Å². The standard InChI is InChI=1S/C30H31F2N5O6S/c1-4-42-25(38)13-23(22-9-11-37-27(19(22)3)34-35-28(37)26(31)32)20-8-7-18(2)21(12-20)14-36-15-30(16-41-17-30)43-29-24(44(36,39)40)6-5-10-33-29/h5-12,23,26H,4,13-17H2,1-3H3. The summed E-state index contributed by atoms with van der Waals surface area (Å²) in [5, 5.41) is 7.64. The highest BCUT2D eigenvalue weighted by atomic mass is 32.2. The van der Waals surface area contributed by atoms with Crippen LogP contribution in [0.15, 0.2) is 53.7 Å². The molecule has 232 valence electrons. The zero-order valence-electron chi connectivity index (χ0n) is 24.4. The number of rotatable bonds is 8. The third-order valence-corrected chi connectivity index (χ3v) is 9.93. The molecule has 1 saturated heterocycles. The van der Waals surface area contributed by atoms with Gasteiger partial charge in [0.25, 0.3) is 6.43 Å². The number of aryl methyl sites for hydroxylation is 2. The summed E-state index contributed by atoms with van der Waals surface area (Å²) in [6.45, 7) is 6.11. The quantitative estimate of drug-likeness (QED) is 0.265. The maximum absolute atomic E-state index is 13.9. The summed E-state index contributed by atoms with van der Waals surface area (Å²) in [6, 6.07) is 10.3. The number of ether oxygens (including phenoxy) is 3. The molecule has 0 aliphatic carbocycles. The normalized spacial score (nSPS) is 18.0. The van der Waals surface area contributed by atoms with Gasteiger partial charge in [-0.2, -0.15) is 4.31 Å². The number of carbonyl (C=O) groups is 1. The van der Waals surface area contributed by atoms with E-state index in [4.69, 9.17) is 14.2 Å². The van der Waals surface area contributed by atoms with Crippen molar-refractivity contribution in [3.63, 3.8) is 0 Å². The number of esters is 1. The number of benzene rings is 1. The Kier molecular flexibility index (Phi) is 7.84. The molecule has 5 heterocycles. The van der Waals surface area contributed by atoms with Gasteiger partial charge < -0.3 is 14.2 Å². The number of halogens is 2. The molecule has 0 saturated carbocycles. The SMILES string of the molecule is CCOC(=O)CC(c1ccc(C)c(CN2CC3(COC3)Oc3ncccc3S2(=O)=O)c1)c1ccn2c(C(F)F)nnc2c1C. The predicted octanol–water partition coefficient (Wildman–Crippen LogP) is 4.12. The first-order valence-electron chi connectivity index (χ1n) is 14.1. The van der Waals surface area contributed by atoms with E-state index < -0.39 is 39.8 Å². The van der Waals surface area contributed by atoms with Crippen molar-refractivity contribution in [1.29, 1.82) is 0 Å². The van der Waals surface area contributed by atoms with Gasteiger partial charge in [-0.05, 0) is 66.8 Å². The fraction of sp³-hybridized carbons (Fsp3) is 0.400. The maximum atomic E-state index is 13.9. The smallest absolute Gasteiger partial charge is 0.306 e. The minimum Gasteiger partial charge on any atom is -0.466 e. The Balaban J connectivity index is 1.41. The molecular formula is C30H31F2N5O6S. The van der Waals surface area contributed by atoms with Crippen molar-refractivity contribution in [2.24, 2.45) is 0 Å². The fourth-order valence-corrected chi connectivity index (χ4v) is 7.31. The summed E-state index contributed by atoms with van der Waals surface area (Å²) in [6.07, 6.45) is 0.126. The van der Waals surface area contributed by atoms with E-state index in [9.17, 15) is 22.0 Å². The number of carbonyl (C=O) groups excluding carboxylic acids is 1. The van der Waals surface area contributed by atoms with Crippen molar-refractivity contribution < 1.29 is 36.2 Å². The Morgan fingerprint density at radius 3 is 2.66 bits per heavy atom. The monoisotopic (exact) mass is 627 g/mol. The first-order valence-corrected chi connectivity index (χ1v) is 15.6. The molecule has 11 nitrogen and oxygen atoms in total. The van der Waals surface area contributed by atoms with E-state index in [1.165, 1.54) is 27.2 Å². The Hall–Kier alpha value is -4.01. The Morgan fingerprint density at radius 1 is 1.16 bits per heavy atom. The minimum absolute atomic E-state index is 0.0156. The van der Waals surface area contributed by atoms with Crippen LogP contribution in [0.4, 0.5) is 8.78 Å². The highest BCUT2D eigenvalue weighted by Crippen LogP contribution is 2.38. The van der Waals surface area contributed by atoms with Gasteiger partial charge in [-0.1, -0.05) is 18.2 Å². The second-order valence-corrected chi connectivity index (χ2v) is 13.0. The molecule has 1 unspecified atom stereocenters. The fourth-order valence-electron chi connectivity index (χ4n) is 5.76. The summed E-state index contributed by atoms with van der Waals surface area (Å²) in [5.74, 6) is -1.39. The first kappa shape index (κ1) is 30.0. The average molecular weight is 628 g/mol. The third kappa shape index (κ3) is 5.30. The Bertz CT molecular complexity index is 1840. The van der Waals surface area contributed by atoms with Crippen LogP contribution in [0.3, 0.4) is 0 Å². The molecule has 1 fully saturated rings. The van der Waals surface area contributed by atoms with Gasteiger partial charge >= 0.3 is 5.97 Å². The molecule has 2 aliphatic heterocycles. The van der Waals surface area contributed by atoms with Gasteiger partial charge in [0.1, 0.15) is 4.90 Å².